The molecule has 2 N–H and O–H groups in total. The smallest absolute Gasteiger partial charge is 0.305 e. The number of carboxylic acids is 1. The molecule has 0 bridgehead atoms. The molecule has 0 atom stereocenters. The van der Waals surface area contributed by atoms with E-state index >= 15 is 0 Å². The van der Waals surface area contributed by atoms with E-state index in [2.05, 4.69) is 14.2 Å². The quantitative estimate of drug-likeness (QED) is 0.0545. The minimum atomic E-state index is -5.17. The van der Waals surface area contributed by atoms with Crippen molar-refractivity contribution in [2.24, 2.45) is 0 Å². The van der Waals surface area contributed by atoms with E-state index in [1.165, 1.54) is 12.1 Å². The van der Waals surface area contributed by atoms with Gasteiger partial charge in [0.2, 0.25) is 15.4 Å². The van der Waals surface area contributed by atoms with E-state index in [1.54, 1.807) is 0 Å². The Hall–Kier alpha value is -3.90. The number of anilines is 1. The highest BCUT2D eigenvalue weighted by molar-refractivity contribution is 7.89. The lowest BCUT2D eigenvalue weighted by atomic mass is 9.93. The summed E-state index contributed by atoms with van der Waals surface area (Å²) in [5, 5.41) is 10.1. The molecule has 0 fully saturated rings. The summed E-state index contributed by atoms with van der Waals surface area (Å²) in [5.41, 5.74) is 2.44. The number of aliphatic carboxylic acids is 1. The molecule has 1 heterocycles. The molecule has 284 valence electrons. The zero-order chi connectivity index (χ0) is 37.9. The number of sulfonamides is 1. The van der Waals surface area contributed by atoms with Gasteiger partial charge >= 0.3 is 5.97 Å². The lowest BCUT2D eigenvalue weighted by Crippen LogP contribution is -2.29. The second-order valence-corrected chi connectivity index (χ2v) is 14.8. The molecule has 0 saturated carbocycles. The molecule has 1 aliphatic heterocycles. The number of hydrogen-bond acceptors (Lipinski definition) is 11. The van der Waals surface area contributed by atoms with Crippen LogP contribution in [0.5, 0.6) is 0 Å². The minimum absolute atomic E-state index is 0.00104. The SMILES string of the molecule is CCN(CC)c1ccc2c(-c3ccc(S(=O)(=O)NCCOCCOCCOCCC(=O)O)cc3S(=O)(=O)[O-])c3ccc(=[N+](CC)CC)cc-3oc2c1. The van der Waals surface area contributed by atoms with Crippen molar-refractivity contribution in [2.75, 3.05) is 77.3 Å². The predicted molar refractivity (Wildman–Crippen MR) is 196 cm³/mol. The van der Waals surface area contributed by atoms with Crippen LogP contribution >= 0.6 is 0 Å². The number of carbonyl (C=O) groups is 1. The summed E-state index contributed by atoms with van der Waals surface area (Å²) < 4.78 is 91.8. The summed E-state index contributed by atoms with van der Waals surface area (Å²) in [4.78, 5) is 11.6. The lowest BCUT2D eigenvalue weighted by molar-refractivity contribution is -0.138. The molecule has 0 radical (unpaired) electrons. The Kier molecular flexibility index (Phi) is 14.7. The van der Waals surface area contributed by atoms with Gasteiger partial charge in [0.05, 0.1) is 61.9 Å². The predicted octanol–water partition coefficient (Wildman–Crippen LogP) is 3.57. The third-order valence-electron chi connectivity index (χ3n) is 8.49. The zero-order valence-electron chi connectivity index (χ0n) is 29.9. The highest BCUT2D eigenvalue weighted by Gasteiger charge is 2.25. The summed E-state index contributed by atoms with van der Waals surface area (Å²) >= 11 is 0. The largest absolute Gasteiger partial charge is 0.744 e. The van der Waals surface area contributed by atoms with Crippen molar-refractivity contribution < 1.29 is 49.9 Å². The number of benzene rings is 3. The first kappa shape index (κ1) is 40.9. The van der Waals surface area contributed by atoms with E-state index in [1.807, 2.05) is 64.1 Å². The fourth-order valence-electron chi connectivity index (χ4n) is 5.84. The first-order valence-corrected chi connectivity index (χ1v) is 20.1. The molecule has 4 rings (SSSR count). The Morgan fingerprint density at radius 2 is 1.46 bits per heavy atom. The Labute approximate surface area is 304 Å². The van der Waals surface area contributed by atoms with Crippen molar-refractivity contribution in [2.45, 2.75) is 43.9 Å². The van der Waals surface area contributed by atoms with E-state index in [9.17, 15) is 26.2 Å². The molecule has 0 unspecified atom stereocenters. The topological polar surface area (TPSA) is 188 Å². The van der Waals surface area contributed by atoms with Gasteiger partial charge in [-0.15, -0.1) is 0 Å². The van der Waals surface area contributed by atoms with Gasteiger partial charge in [-0.2, -0.15) is 0 Å². The fourth-order valence-corrected chi connectivity index (χ4v) is 7.67. The maximum Gasteiger partial charge on any atom is 0.305 e. The summed E-state index contributed by atoms with van der Waals surface area (Å²) in [5.74, 6) is -0.469. The molecule has 1 aliphatic carbocycles. The number of nitrogens with zero attached hydrogens (tertiary/aromatic N) is 2. The summed E-state index contributed by atoms with van der Waals surface area (Å²) in [6, 6.07) is 14.8. The average Bonchev–Trinajstić information content (AvgIpc) is 3.11. The molecule has 2 aliphatic rings. The zero-order valence-corrected chi connectivity index (χ0v) is 31.6. The van der Waals surface area contributed by atoms with E-state index < -0.39 is 35.9 Å². The molecule has 2 aromatic carbocycles. The van der Waals surface area contributed by atoms with Crippen LogP contribution in [0.15, 0.2) is 68.8 Å². The molecule has 0 spiro atoms. The van der Waals surface area contributed by atoms with Crippen LogP contribution in [-0.2, 0) is 39.1 Å². The van der Waals surface area contributed by atoms with Gasteiger partial charge in [0.25, 0.3) is 0 Å². The number of carboxylic acid groups (broad SMARTS) is 1. The standard InChI is InChI=1S/C36H47N3O11S2/c1-5-38(6-2)26-9-12-29-32(23-26)50-33-24-27(39(7-3)8-4)10-13-30(33)36(29)31-14-11-28(25-34(31)52(44,45)46)51(42,43)37-16-18-48-20-22-49-21-19-47-17-15-35(40)41/h9-14,23-25,37H,5-8,15-22H2,1-4H3,(H-,40,41,44,45,46). The third-order valence-corrected chi connectivity index (χ3v) is 10.8. The Bertz CT molecular complexity index is 2090. The minimum Gasteiger partial charge on any atom is -0.744 e. The Balaban J connectivity index is 1.63. The second-order valence-electron chi connectivity index (χ2n) is 11.7. The van der Waals surface area contributed by atoms with Gasteiger partial charge in [0.1, 0.15) is 34.6 Å². The maximum atomic E-state index is 13.2. The van der Waals surface area contributed by atoms with Gasteiger partial charge in [-0.05, 0) is 58.0 Å². The van der Waals surface area contributed by atoms with Crippen LogP contribution in [0.4, 0.5) is 5.69 Å². The first-order valence-electron chi connectivity index (χ1n) is 17.2. The van der Waals surface area contributed by atoms with Gasteiger partial charge in [-0.1, -0.05) is 6.07 Å². The molecule has 2 aromatic rings. The van der Waals surface area contributed by atoms with Gasteiger partial charge < -0.3 is 33.2 Å². The molecule has 14 nitrogen and oxygen atoms in total. The van der Waals surface area contributed by atoms with Crippen LogP contribution in [0.25, 0.3) is 33.4 Å². The van der Waals surface area contributed by atoms with Crippen LogP contribution in [0, 0.1) is 0 Å². The Morgan fingerprint density at radius 3 is 2.08 bits per heavy atom. The van der Waals surface area contributed by atoms with Gasteiger partial charge in [0.15, 0.2) is 0 Å². The van der Waals surface area contributed by atoms with Crippen molar-refractivity contribution in [3.05, 3.63) is 60.0 Å². The second kappa shape index (κ2) is 18.7. The average molecular weight is 762 g/mol. The molecule has 0 amide bonds. The fraction of sp³-hybridized carbons (Fsp3) is 0.444. The van der Waals surface area contributed by atoms with E-state index in [0.29, 0.717) is 27.9 Å². The van der Waals surface area contributed by atoms with Crippen molar-refractivity contribution in [1.29, 1.82) is 0 Å². The molecule has 16 heteroatoms. The number of rotatable bonds is 21. The van der Waals surface area contributed by atoms with Gasteiger partial charge in [-0.3, -0.25) is 4.79 Å². The monoisotopic (exact) mass is 761 g/mol. The first-order chi connectivity index (χ1) is 24.8. The molecular weight excluding hydrogens is 715 g/mol. The van der Waals surface area contributed by atoms with E-state index in [4.69, 9.17) is 23.7 Å². The van der Waals surface area contributed by atoms with Gasteiger partial charge in [-0.25, -0.2) is 26.1 Å². The number of fused-ring (bicyclic) bond motifs is 2. The van der Waals surface area contributed by atoms with Gasteiger partial charge in [0, 0.05) is 59.5 Å². The highest BCUT2D eigenvalue weighted by atomic mass is 32.2. The van der Waals surface area contributed by atoms with E-state index in [-0.39, 0.29) is 58.2 Å². The summed E-state index contributed by atoms with van der Waals surface area (Å²) in [6.45, 7) is 12.0. The van der Waals surface area contributed by atoms with E-state index in [0.717, 1.165) is 43.3 Å². The number of nitrogens with one attached hydrogen (secondary N) is 1. The van der Waals surface area contributed by atoms with Crippen molar-refractivity contribution in [1.82, 2.24) is 9.30 Å². The molecular formula is C36H47N3O11S2. The van der Waals surface area contributed by atoms with Crippen molar-refractivity contribution in [3.63, 3.8) is 0 Å². The van der Waals surface area contributed by atoms with Crippen LogP contribution in [0.1, 0.15) is 34.1 Å². The summed E-state index contributed by atoms with van der Waals surface area (Å²) in [6.07, 6.45) is -0.0919. The molecule has 52 heavy (non-hydrogen) atoms. The Morgan fingerprint density at radius 1 is 0.827 bits per heavy atom. The van der Waals surface area contributed by atoms with Crippen LogP contribution < -0.4 is 19.6 Å². The molecule has 0 aromatic heterocycles. The highest BCUT2D eigenvalue weighted by Crippen LogP contribution is 2.43. The maximum absolute atomic E-state index is 13.2. The normalized spacial score (nSPS) is 12.1. The molecule has 0 saturated heterocycles. The van der Waals surface area contributed by atoms with Crippen LogP contribution in [-0.4, -0.2) is 105 Å². The van der Waals surface area contributed by atoms with Crippen LogP contribution in [0.2, 0.25) is 0 Å². The van der Waals surface area contributed by atoms with Crippen molar-refractivity contribution in [3.8, 4) is 22.5 Å². The lowest BCUT2D eigenvalue weighted by Gasteiger charge is -2.23. The van der Waals surface area contributed by atoms with Crippen molar-refractivity contribution >= 4 is 42.8 Å². The van der Waals surface area contributed by atoms with Crippen LogP contribution in [0.3, 0.4) is 0 Å². The third kappa shape index (κ3) is 10.4. The number of ether oxygens (including phenoxy) is 3. The number of hydrogen-bond donors (Lipinski definition) is 2. The summed E-state index contributed by atoms with van der Waals surface area (Å²) in [7, 11) is -9.41.